The first-order valence-corrected chi connectivity index (χ1v) is 10.1. The number of rotatable bonds is 6. The Balaban J connectivity index is 1.44. The molecule has 0 amide bonds. The summed E-state index contributed by atoms with van der Waals surface area (Å²) in [7, 11) is 0. The Kier molecular flexibility index (Phi) is 5.39. The summed E-state index contributed by atoms with van der Waals surface area (Å²) in [5, 5.41) is 10.1. The maximum absolute atomic E-state index is 13.3. The molecule has 0 fully saturated rings. The number of fused-ring (bicyclic) bond motifs is 1. The number of nitrogens with zero attached hydrogens (tertiary/aromatic N) is 3. The Morgan fingerprint density at radius 3 is 2.71 bits per heavy atom. The minimum Gasteiger partial charge on any atom is -0.416 e. The highest BCUT2D eigenvalue weighted by Crippen LogP contribution is 2.32. The lowest BCUT2D eigenvalue weighted by atomic mass is 10.0. The quantitative estimate of drug-likeness (QED) is 0.397. The Morgan fingerprint density at radius 2 is 1.86 bits per heavy atom. The standard InChI is InChI=1S/C22H20FN3OS/c1-14(19-11-10-17-7-3-4-9-20(17)24-19)15(2)28-22-26-25-21(27-22)13-16-6-5-8-18(23)12-16/h3-12,14-15H,13H2,1-2H3/t14-,15-/m1/s1. The van der Waals surface area contributed by atoms with Crippen LogP contribution in [-0.2, 0) is 6.42 Å². The molecule has 4 aromatic rings. The van der Waals surface area contributed by atoms with Gasteiger partial charge in [-0.05, 0) is 29.8 Å². The molecule has 2 aromatic carbocycles. The molecule has 0 aliphatic heterocycles. The first kappa shape index (κ1) is 18.6. The molecule has 0 aliphatic carbocycles. The molecule has 0 N–H and O–H groups in total. The Bertz CT molecular complexity index is 1100. The Morgan fingerprint density at radius 1 is 1.00 bits per heavy atom. The smallest absolute Gasteiger partial charge is 0.276 e. The molecule has 28 heavy (non-hydrogen) atoms. The average Bonchev–Trinajstić information content (AvgIpc) is 3.13. The van der Waals surface area contributed by atoms with Crippen molar-refractivity contribution in [3.05, 3.63) is 83.6 Å². The fourth-order valence-corrected chi connectivity index (χ4v) is 3.91. The molecule has 4 nitrogen and oxygen atoms in total. The van der Waals surface area contributed by atoms with Gasteiger partial charge in [-0.3, -0.25) is 4.98 Å². The third-order valence-electron chi connectivity index (χ3n) is 4.77. The van der Waals surface area contributed by atoms with Gasteiger partial charge < -0.3 is 4.42 Å². The van der Waals surface area contributed by atoms with E-state index in [1.165, 1.54) is 23.9 Å². The van der Waals surface area contributed by atoms with Gasteiger partial charge in [0.1, 0.15) is 5.82 Å². The Labute approximate surface area is 167 Å². The van der Waals surface area contributed by atoms with Crippen LogP contribution in [0.1, 0.15) is 36.9 Å². The maximum Gasteiger partial charge on any atom is 0.276 e. The van der Waals surface area contributed by atoms with Crippen LogP contribution < -0.4 is 0 Å². The highest BCUT2D eigenvalue weighted by molar-refractivity contribution is 7.99. The van der Waals surface area contributed by atoms with Gasteiger partial charge in [0.05, 0.1) is 11.9 Å². The van der Waals surface area contributed by atoms with Gasteiger partial charge in [0, 0.05) is 22.2 Å². The summed E-state index contributed by atoms with van der Waals surface area (Å²) in [6, 6.07) is 18.7. The van der Waals surface area contributed by atoms with Crippen molar-refractivity contribution in [1.29, 1.82) is 0 Å². The molecule has 0 spiro atoms. The predicted octanol–water partition coefficient (Wildman–Crippen LogP) is 5.63. The number of hydrogen-bond donors (Lipinski definition) is 0. The van der Waals surface area contributed by atoms with Gasteiger partial charge in [-0.2, -0.15) is 0 Å². The molecule has 2 heterocycles. The molecule has 142 valence electrons. The lowest BCUT2D eigenvalue weighted by Crippen LogP contribution is -2.10. The summed E-state index contributed by atoms with van der Waals surface area (Å²) >= 11 is 1.53. The lowest BCUT2D eigenvalue weighted by molar-refractivity contribution is 0.419. The van der Waals surface area contributed by atoms with Crippen LogP contribution in [0, 0.1) is 5.82 Å². The van der Waals surface area contributed by atoms with Crippen molar-refractivity contribution in [3.63, 3.8) is 0 Å². The minimum atomic E-state index is -0.267. The summed E-state index contributed by atoms with van der Waals surface area (Å²) in [4.78, 5) is 4.79. The van der Waals surface area contributed by atoms with Crippen LogP contribution in [0.3, 0.4) is 0 Å². The third-order valence-corrected chi connectivity index (χ3v) is 5.92. The third kappa shape index (κ3) is 4.22. The van der Waals surface area contributed by atoms with Crippen LogP contribution in [0.15, 0.2) is 70.3 Å². The molecule has 4 rings (SSSR count). The zero-order chi connectivity index (χ0) is 19.5. The first-order valence-electron chi connectivity index (χ1n) is 9.17. The number of pyridine rings is 1. The van der Waals surface area contributed by atoms with Crippen LogP contribution in [0.5, 0.6) is 0 Å². The number of halogens is 1. The SMILES string of the molecule is C[C@@H](Sc1nnc(Cc2cccc(F)c2)o1)[C@@H](C)c1ccc2ccccc2n1. The van der Waals surface area contributed by atoms with E-state index in [0.717, 1.165) is 22.2 Å². The molecule has 0 unspecified atom stereocenters. The van der Waals surface area contributed by atoms with E-state index in [9.17, 15) is 4.39 Å². The van der Waals surface area contributed by atoms with Crippen molar-refractivity contribution in [2.24, 2.45) is 0 Å². The van der Waals surface area contributed by atoms with E-state index < -0.39 is 0 Å². The van der Waals surface area contributed by atoms with Crippen molar-refractivity contribution >= 4 is 22.7 Å². The summed E-state index contributed by atoms with van der Waals surface area (Å²) in [5.74, 6) is 0.432. The van der Waals surface area contributed by atoms with E-state index in [4.69, 9.17) is 9.40 Å². The van der Waals surface area contributed by atoms with Crippen LogP contribution in [0.25, 0.3) is 10.9 Å². The normalized spacial score (nSPS) is 13.5. The number of hydrogen-bond acceptors (Lipinski definition) is 5. The molecule has 0 bridgehead atoms. The molecule has 2 aromatic heterocycles. The van der Waals surface area contributed by atoms with Crippen LogP contribution >= 0.6 is 11.8 Å². The first-order chi connectivity index (χ1) is 13.6. The highest BCUT2D eigenvalue weighted by atomic mass is 32.2. The van der Waals surface area contributed by atoms with Crippen LogP contribution in [0.2, 0.25) is 0 Å². The van der Waals surface area contributed by atoms with Crippen molar-refractivity contribution in [1.82, 2.24) is 15.2 Å². The van der Waals surface area contributed by atoms with Gasteiger partial charge in [0.15, 0.2) is 0 Å². The van der Waals surface area contributed by atoms with Crippen molar-refractivity contribution in [2.75, 3.05) is 0 Å². The topological polar surface area (TPSA) is 51.8 Å². The number of thioether (sulfide) groups is 1. The second-order valence-corrected chi connectivity index (χ2v) is 8.14. The van der Waals surface area contributed by atoms with E-state index >= 15 is 0 Å². The fraction of sp³-hybridized carbons (Fsp3) is 0.227. The summed E-state index contributed by atoms with van der Waals surface area (Å²) < 4.78 is 19.1. The van der Waals surface area contributed by atoms with Gasteiger partial charge in [-0.25, -0.2) is 4.39 Å². The van der Waals surface area contributed by atoms with Crippen LogP contribution in [0.4, 0.5) is 4.39 Å². The largest absolute Gasteiger partial charge is 0.416 e. The van der Waals surface area contributed by atoms with E-state index in [0.29, 0.717) is 17.5 Å². The van der Waals surface area contributed by atoms with Crippen molar-refractivity contribution in [3.8, 4) is 0 Å². The zero-order valence-corrected chi connectivity index (χ0v) is 16.5. The highest BCUT2D eigenvalue weighted by Gasteiger charge is 2.20. The maximum atomic E-state index is 13.3. The molecule has 0 aliphatic rings. The number of aromatic nitrogens is 3. The molecule has 2 atom stereocenters. The van der Waals surface area contributed by atoms with Crippen LogP contribution in [-0.4, -0.2) is 20.4 Å². The predicted molar refractivity (Wildman–Crippen MR) is 109 cm³/mol. The van der Waals surface area contributed by atoms with Gasteiger partial charge in [0.25, 0.3) is 5.22 Å². The molecule has 0 saturated carbocycles. The van der Waals surface area contributed by atoms with Gasteiger partial charge in [-0.15, -0.1) is 10.2 Å². The summed E-state index contributed by atoms with van der Waals surface area (Å²) in [6.07, 6.45) is 0.418. The molecule has 0 radical (unpaired) electrons. The number of benzene rings is 2. The molecule has 6 heteroatoms. The molecular formula is C22H20FN3OS. The summed E-state index contributed by atoms with van der Waals surface area (Å²) in [6.45, 7) is 4.28. The van der Waals surface area contributed by atoms with E-state index in [1.807, 2.05) is 24.3 Å². The monoisotopic (exact) mass is 393 g/mol. The van der Waals surface area contributed by atoms with E-state index in [1.54, 1.807) is 6.07 Å². The fourth-order valence-electron chi connectivity index (χ4n) is 3.02. The van der Waals surface area contributed by atoms with Gasteiger partial charge >= 0.3 is 0 Å². The lowest BCUT2D eigenvalue weighted by Gasteiger charge is -2.17. The van der Waals surface area contributed by atoms with Gasteiger partial charge in [0.2, 0.25) is 5.89 Å². The van der Waals surface area contributed by atoms with Gasteiger partial charge in [-0.1, -0.05) is 62.0 Å². The van der Waals surface area contributed by atoms with E-state index in [-0.39, 0.29) is 17.0 Å². The molecule has 0 saturated heterocycles. The molecular weight excluding hydrogens is 373 g/mol. The van der Waals surface area contributed by atoms with Crippen molar-refractivity contribution < 1.29 is 8.81 Å². The number of para-hydroxylation sites is 1. The second kappa shape index (κ2) is 8.10. The zero-order valence-electron chi connectivity index (χ0n) is 15.7. The Hall–Kier alpha value is -2.73. The van der Waals surface area contributed by atoms with E-state index in [2.05, 4.69) is 42.2 Å². The minimum absolute atomic E-state index is 0.205. The van der Waals surface area contributed by atoms with Crippen molar-refractivity contribution in [2.45, 2.75) is 36.7 Å². The summed E-state index contributed by atoms with van der Waals surface area (Å²) in [5.41, 5.74) is 2.85. The second-order valence-electron chi connectivity index (χ2n) is 6.81. The average molecular weight is 393 g/mol.